The fraction of sp³-hybridized carbons (Fsp3) is 0.667. The standard InChI is InChI=1S/C30H45ClN4O11/c1-32-16-23(14-19-6-5-12-45-18-19)33-28(41)34-10-4-8-21(17-34)24(20-7-3-9-22(31)15-20)46-13-11-35(29(42)44-2)30(43,27(39)40)25(36)26(37)38/h3,7,9,15,19,21,23-25,32,36,43H,4-6,8,10-14,16-18H2,1-2H3,(H,33,41)(H,37,38)(H,39,40)/t19-,21-,23+,24?,25?,30?/m1/s1. The number of aliphatic carboxylic acids is 2. The Balaban J connectivity index is 1.77. The van der Waals surface area contributed by atoms with Crippen LogP contribution in [0.25, 0.3) is 0 Å². The van der Waals surface area contributed by atoms with Crippen LogP contribution in [-0.2, 0) is 23.8 Å². The lowest BCUT2D eigenvalue weighted by atomic mass is 9.88. The number of ether oxygens (including phenoxy) is 3. The molecule has 1 aromatic carbocycles. The second-order valence-corrected chi connectivity index (χ2v) is 12.0. The molecule has 0 aromatic heterocycles. The van der Waals surface area contributed by atoms with Crippen LogP contribution in [0.4, 0.5) is 9.59 Å². The number of aliphatic hydroxyl groups excluding tert-OH is 1. The number of nitrogens with one attached hydrogen (secondary N) is 2. The number of halogens is 1. The van der Waals surface area contributed by atoms with Crippen molar-refractivity contribution in [3.05, 3.63) is 34.9 Å². The van der Waals surface area contributed by atoms with Crippen LogP contribution in [0.5, 0.6) is 0 Å². The summed E-state index contributed by atoms with van der Waals surface area (Å²) in [6.45, 7) is 1.82. The van der Waals surface area contributed by atoms with Gasteiger partial charge in [0.05, 0.1) is 26.4 Å². The minimum Gasteiger partial charge on any atom is -0.479 e. The molecule has 0 saturated carbocycles. The molecule has 6 atom stereocenters. The van der Waals surface area contributed by atoms with E-state index in [0.29, 0.717) is 55.6 Å². The Hall–Kier alpha value is -3.21. The van der Waals surface area contributed by atoms with E-state index in [0.717, 1.165) is 33.0 Å². The van der Waals surface area contributed by atoms with Crippen LogP contribution in [0.1, 0.15) is 43.8 Å². The van der Waals surface area contributed by atoms with Crippen LogP contribution in [0.2, 0.25) is 5.02 Å². The first-order valence-electron chi connectivity index (χ1n) is 15.3. The van der Waals surface area contributed by atoms with Crippen LogP contribution in [0.15, 0.2) is 24.3 Å². The van der Waals surface area contributed by atoms with Gasteiger partial charge in [0.2, 0.25) is 6.10 Å². The predicted molar refractivity (Wildman–Crippen MR) is 164 cm³/mol. The van der Waals surface area contributed by atoms with E-state index in [4.69, 9.17) is 21.1 Å². The Morgan fingerprint density at radius 2 is 1.98 bits per heavy atom. The molecule has 2 heterocycles. The van der Waals surface area contributed by atoms with E-state index in [2.05, 4.69) is 15.4 Å². The Kier molecular flexibility index (Phi) is 14.3. The van der Waals surface area contributed by atoms with Gasteiger partial charge in [-0.3, -0.25) is 4.90 Å². The lowest BCUT2D eigenvalue weighted by Gasteiger charge is -2.39. The average molecular weight is 673 g/mol. The number of amides is 3. The second-order valence-electron chi connectivity index (χ2n) is 11.6. The van der Waals surface area contributed by atoms with Crippen molar-refractivity contribution in [1.29, 1.82) is 0 Å². The van der Waals surface area contributed by atoms with Crippen molar-refractivity contribution in [3.63, 3.8) is 0 Å². The van der Waals surface area contributed by atoms with Gasteiger partial charge in [-0.15, -0.1) is 0 Å². The summed E-state index contributed by atoms with van der Waals surface area (Å²) in [5.74, 6) is -4.13. The molecule has 2 aliphatic heterocycles. The minimum atomic E-state index is -3.55. The highest BCUT2D eigenvalue weighted by Crippen LogP contribution is 2.34. The summed E-state index contributed by atoms with van der Waals surface area (Å²) in [4.78, 5) is 51.2. The van der Waals surface area contributed by atoms with Crippen molar-refractivity contribution in [3.8, 4) is 0 Å². The summed E-state index contributed by atoms with van der Waals surface area (Å²) in [7, 11) is 2.74. The van der Waals surface area contributed by atoms with Crippen molar-refractivity contribution in [2.24, 2.45) is 11.8 Å². The molecule has 0 spiro atoms. The number of carbonyl (C=O) groups is 4. The number of piperidine rings is 1. The molecule has 0 radical (unpaired) electrons. The Morgan fingerprint density at radius 1 is 1.22 bits per heavy atom. The zero-order valence-corrected chi connectivity index (χ0v) is 26.9. The van der Waals surface area contributed by atoms with E-state index in [-0.39, 0.29) is 22.9 Å². The number of carboxylic acids is 2. The third-order valence-corrected chi connectivity index (χ3v) is 8.58. The highest BCUT2D eigenvalue weighted by molar-refractivity contribution is 6.30. The van der Waals surface area contributed by atoms with Gasteiger partial charge in [0.15, 0.2) is 0 Å². The Labute approximate surface area is 272 Å². The smallest absolute Gasteiger partial charge is 0.412 e. The Bertz CT molecular complexity index is 1190. The van der Waals surface area contributed by atoms with Gasteiger partial charge in [-0.1, -0.05) is 23.7 Å². The molecular weight excluding hydrogens is 628 g/mol. The van der Waals surface area contributed by atoms with E-state index in [1.54, 1.807) is 29.2 Å². The number of carbonyl (C=O) groups excluding carboxylic acids is 2. The van der Waals surface area contributed by atoms with Crippen LogP contribution < -0.4 is 10.6 Å². The molecule has 2 aliphatic rings. The maximum atomic E-state index is 13.5. The van der Waals surface area contributed by atoms with Gasteiger partial charge in [-0.2, -0.15) is 0 Å². The SMILES string of the molecule is CNC[C@H](C[C@H]1CCCOC1)NC(=O)N1CCC[C@@H](C(OCCN(C(=O)OC)C(O)(C(=O)O)C(O)C(=O)O)c2cccc(Cl)c2)C1. The van der Waals surface area contributed by atoms with Gasteiger partial charge in [0.1, 0.15) is 0 Å². The molecule has 0 aliphatic carbocycles. The third-order valence-electron chi connectivity index (χ3n) is 8.35. The van der Waals surface area contributed by atoms with E-state index in [1.807, 2.05) is 7.05 Å². The fourth-order valence-electron chi connectivity index (χ4n) is 6.07. The summed E-state index contributed by atoms with van der Waals surface area (Å²) in [6.07, 6.45) is -0.817. The maximum absolute atomic E-state index is 13.5. The number of methoxy groups -OCH3 is 1. The highest BCUT2D eigenvalue weighted by Gasteiger charge is 2.55. The van der Waals surface area contributed by atoms with Crippen LogP contribution in [0, 0.1) is 11.8 Å². The molecule has 16 heteroatoms. The first-order chi connectivity index (χ1) is 21.9. The minimum absolute atomic E-state index is 0.0944. The number of aliphatic hydroxyl groups is 2. The number of likely N-dealkylation sites (tertiary alicyclic amines) is 1. The zero-order chi connectivity index (χ0) is 33.9. The summed E-state index contributed by atoms with van der Waals surface area (Å²) in [5.41, 5.74) is -2.89. The number of nitrogens with zero attached hydrogens (tertiary/aromatic N) is 2. The summed E-state index contributed by atoms with van der Waals surface area (Å²) < 4.78 is 16.4. The molecule has 2 fully saturated rings. The first kappa shape index (κ1) is 37.2. The molecule has 3 amide bonds. The summed E-state index contributed by atoms with van der Waals surface area (Å²) in [5, 5.41) is 46.3. The van der Waals surface area contributed by atoms with Crippen molar-refractivity contribution in [2.75, 3.05) is 60.2 Å². The normalized spacial score (nSPS) is 21.7. The van der Waals surface area contributed by atoms with Crippen LogP contribution >= 0.6 is 11.6 Å². The molecule has 6 N–H and O–H groups in total. The van der Waals surface area contributed by atoms with Gasteiger partial charge < -0.3 is 50.2 Å². The zero-order valence-electron chi connectivity index (χ0n) is 26.1. The van der Waals surface area contributed by atoms with Gasteiger partial charge in [-0.05, 0) is 62.8 Å². The maximum Gasteiger partial charge on any atom is 0.412 e. The van der Waals surface area contributed by atoms with E-state index >= 15 is 0 Å². The average Bonchev–Trinajstić information content (AvgIpc) is 3.04. The van der Waals surface area contributed by atoms with Gasteiger partial charge in [-0.25, -0.2) is 19.2 Å². The Morgan fingerprint density at radius 3 is 2.59 bits per heavy atom. The quantitative estimate of drug-likeness (QED) is 0.147. The largest absolute Gasteiger partial charge is 0.479 e. The van der Waals surface area contributed by atoms with E-state index in [1.165, 1.54) is 0 Å². The van der Waals surface area contributed by atoms with Crippen molar-refractivity contribution >= 4 is 35.7 Å². The number of hydrogen-bond donors (Lipinski definition) is 6. The molecular formula is C30H45ClN4O11. The molecule has 1 aromatic rings. The molecule has 0 bridgehead atoms. The molecule has 2 saturated heterocycles. The lowest BCUT2D eigenvalue weighted by Crippen LogP contribution is -2.66. The number of likely N-dealkylation sites (N-methyl/N-ethyl adjacent to an activating group) is 1. The van der Waals surface area contributed by atoms with E-state index in [9.17, 15) is 39.6 Å². The van der Waals surface area contributed by atoms with Gasteiger partial charge in [0, 0.05) is 49.8 Å². The molecule has 3 unspecified atom stereocenters. The molecule has 46 heavy (non-hydrogen) atoms. The fourth-order valence-corrected chi connectivity index (χ4v) is 6.26. The third kappa shape index (κ3) is 9.65. The van der Waals surface area contributed by atoms with Gasteiger partial charge >= 0.3 is 24.1 Å². The number of rotatable bonds is 15. The summed E-state index contributed by atoms with van der Waals surface area (Å²) in [6, 6.07) is 6.58. The molecule has 15 nitrogen and oxygen atoms in total. The molecule has 3 rings (SSSR count). The van der Waals surface area contributed by atoms with Crippen LogP contribution in [0.3, 0.4) is 0 Å². The number of carboxylic acid groups (broad SMARTS) is 2. The van der Waals surface area contributed by atoms with E-state index < -0.39 is 49.1 Å². The van der Waals surface area contributed by atoms with Crippen LogP contribution in [-0.4, -0.2) is 132 Å². The number of hydrogen-bond acceptors (Lipinski definition) is 10. The molecule has 258 valence electrons. The first-order valence-corrected chi connectivity index (χ1v) is 15.7. The van der Waals surface area contributed by atoms with Crippen molar-refractivity contribution in [2.45, 2.75) is 56.1 Å². The highest BCUT2D eigenvalue weighted by atomic mass is 35.5. The summed E-state index contributed by atoms with van der Waals surface area (Å²) >= 11 is 6.28. The lowest BCUT2D eigenvalue weighted by molar-refractivity contribution is -0.211. The second kappa shape index (κ2) is 17.6. The van der Waals surface area contributed by atoms with Crippen molar-refractivity contribution in [1.82, 2.24) is 20.4 Å². The number of benzene rings is 1. The van der Waals surface area contributed by atoms with Gasteiger partial charge in [0.25, 0.3) is 5.72 Å². The monoisotopic (exact) mass is 672 g/mol. The number of urea groups is 1. The topological polar surface area (TPSA) is 207 Å². The predicted octanol–water partition coefficient (Wildman–Crippen LogP) is 1.51. The van der Waals surface area contributed by atoms with Crippen molar-refractivity contribution < 1.29 is 53.8 Å².